The number of halogens is 3. The minimum absolute atomic E-state index is 0.234. The Kier molecular flexibility index (Phi) is 6.42. The number of aryl methyl sites for hydroxylation is 2. The van der Waals surface area contributed by atoms with Crippen LogP contribution in [0.5, 0.6) is 0 Å². The van der Waals surface area contributed by atoms with Crippen LogP contribution < -0.4 is 0 Å². The van der Waals surface area contributed by atoms with Crippen LogP contribution in [0.2, 0.25) is 15.2 Å². The van der Waals surface area contributed by atoms with Gasteiger partial charge in [0, 0.05) is 38.7 Å². The molecule has 0 spiro atoms. The number of hydrogen-bond acceptors (Lipinski definition) is 3. The molecule has 1 aromatic carbocycles. The van der Waals surface area contributed by atoms with Crippen LogP contribution in [0.15, 0.2) is 40.3 Å². The van der Waals surface area contributed by atoms with Crippen molar-refractivity contribution < 1.29 is 0 Å². The van der Waals surface area contributed by atoms with Gasteiger partial charge in [-0.2, -0.15) is 5.10 Å². The maximum Gasteiger partial charge on any atom is 0.129 e. The summed E-state index contributed by atoms with van der Waals surface area (Å²) in [4.78, 5) is 5.24. The zero-order valence-corrected chi connectivity index (χ0v) is 18.6. The first-order valence-corrected chi connectivity index (χ1v) is 10.5. The molecule has 0 atom stereocenters. The minimum Gasteiger partial charge on any atom is -0.256 e. The van der Waals surface area contributed by atoms with Crippen LogP contribution >= 0.6 is 46.6 Å². The second-order valence-corrected chi connectivity index (χ2v) is 9.05. The van der Waals surface area contributed by atoms with Gasteiger partial charge in [0.2, 0.25) is 0 Å². The second-order valence-electron chi connectivity index (χ2n) is 6.73. The van der Waals surface area contributed by atoms with Crippen LogP contribution in [-0.2, 0) is 6.42 Å². The number of hydrogen-bond donors (Lipinski definition) is 0. The highest BCUT2D eigenvalue weighted by Gasteiger charge is 2.19. The first-order valence-electron chi connectivity index (χ1n) is 8.58. The summed E-state index contributed by atoms with van der Waals surface area (Å²) in [5, 5.41) is 7.61. The molecule has 0 N–H and O–H groups in total. The third-order valence-electron chi connectivity index (χ3n) is 4.06. The minimum atomic E-state index is 0.234. The standard InChI is InChI=1S/C20H20Cl3N3S/c1-11(2)26-20(27-17-9-15(21)8-16(22)10-17)18(13(4)25-26)6-14-5-12(3)24-19(23)7-14/h5,7-11H,6H2,1-4H3. The fourth-order valence-electron chi connectivity index (χ4n) is 2.92. The number of aromatic nitrogens is 3. The quantitative estimate of drug-likeness (QED) is 0.394. The maximum absolute atomic E-state index is 6.19. The van der Waals surface area contributed by atoms with E-state index in [1.807, 2.05) is 32.0 Å². The molecule has 3 rings (SSSR count). The van der Waals surface area contributed by atoms with Crippen molar-refractivity contribution in [1.29, 1.82) is 0 Å². The molecule has 3 nitrogen and oxygen atoms in total. The monoisotopic (exact) mass is 439 g/mol. The second kappa shape index (κ2) is 8.44. The molecule has 0 unspecified atom stereocenters. The molecule has 0 saturated heterocycles. The van der Waals surface area contributed by atoms with Crippen molar-refractivity contribution in [3.63, 3.8) is 0 Å². The molecule has 0 radical (unpaired) electrons. The molecule has 2 aromatic heterocycles. The van der Waals surface area contributed by atoms with E-state index in [9.17, 15) is 0 Å². The Morgan fingerprint density at radius 3 is 2.26 bits per heavy atom. The highest BCUT2D eigenvalue weighted by molar-refractivity contribution is 7.99. The predicted octanol–water partition coefficient (Wildman–Crippen LogP) is 7.18. The van der Waals surface area contributed by atoms with E-state index in [1.54, 1.807) is 17.8 Å². The van der Waals surface area contributed by atoms with Gasteiger partial charge >= 0.3 is 0 Å². The summed E-state index contributed by atoms with van der Waals surface area (Å²) >= 11 is 20.2. The Morgan fingerprint density at radius 1 is 1.00 bits per heavy atom. The lowest BCUT2D eigenvalue weighted by atomic mass is 10.1. The largest absolute Gasteiger partial charge is 0.256 e. The molecule has 0 saturated carbocycles. The lowest BCUT2D eigenvalue weighted by molar-refractivity contribution is 0.489. The zero-order chi connectivity index (χ0) is 19.7. The van der Waals surface area contributed by atoms with Gasteiger partial charge in [-0.1, -0.05) is 46.6 Å². The molecule has 142 valence electrons. The van der Waals surface area contributed by atoms with Crippen molar-refractivity contribution in [2.45, 2.75) is 50.1 Å². The SMILES string of the molecule is Cc1cc(Cc2c(C)nn(C(C)C)c2Sc2cc(Cl)cc(Cl)c2)cc(Cl)n1. The summed E-state index contributed by atoms with van der Waals surface area (Å²) in [6, 6.07) is 9.77. The zero-order valence-electron chi connectivity index (χ0n) is 15.6. The van der Waals surface area contributed by atoms with Gasteiger partial charge in [0.15, 0.2) is 0 Å². The summed E-state index contributed by atoms with van der Waals surface area (Å²) in [6.45, 7) is 8.24. The van der Waals surface area contributed by atoms with Crippen molar-refractivity contribution in [3.8, 4) is 0 Å². The Labute approximate surface area is 179 Å². The van der Waals surface area contributed by atoms with E-state index in [0.717, 1.165) is 33.3 Å². The number of rotatable bonds is 5. The van der Waals surface area contributed by atoms with Crippen LogP contribution in [0.4, 0.5) is 0 Å². The van der Waals surface area contributed by atoms with Gasteiger partial charge in [-0.15, -0.1) is 0 Å². The summed E-state index contributed by atoms with van der Waals surface area (Å²) in [5.41, 5.74) is 4.20. The maximum atomic E-state index is 6.19. The van der Waals surface area contributed by atoms with Crippen molar-refractivity contribution in [2.24, 2.45) is 0 Å². The van der Waals surface area contributed by atoms with Gasteiger partial charge in [0.1, 0.15) is 10.2 Å². The average Bonchev–Trinajstić information content (AvgIpc) is 2.82. The fraction of sp³-hybridized carbons (Fsp3) is 0.300. The third kappa shape index (κ3) is 5.00. The normalized spacial score (nSPS) is 11.4. The molecule has 3 aromatic rings. The topological polar surface area (TPSA) is 30.7 Å². The molecule has 27 heavy (non-hydrogen) atoms. The van der Waals surface area contributed by atoms with Gasteiger partial charge < -0.3 is 0 Å². The summed E-state index contributed by atoms with van der Waals surface area (Å²) < 4.78 is 2.06. The van der Waals surface area contributed by atoms with Gasteiger partial charge in [-0.25, -0.2) is 4.98 Å². The van der Waals surface area contributed by atoms with Crippen molar-refractivity contribution in [1.82, 2.24) is 14.8 Å². The lowest BCUT2D eigenvalue weighted by Crippen LogP contribution is -2.05. The van der Waals surface area contributed by atoms with E-state index < -0.39 is 0 Å². The summed E-state index contributed by atoms with van der Waals surface area (Å²) in [7, 11) is 0. The van der Waals surface area contributed by atoms with Crippen molar-refractivity contribution in [3.05, 3.63) is 68.0 Å². The Balaban J connectivity index is 2.05. The molecule has 2 heterocycles. The van der Waals surface area contributed by atoms with E-state index in [1.165, 1.54) is 5.56 Å². The first-order chi connectivity index (χ1) is 12.7. The molecular formula is C20H20Cl3N3S. The average molecular weight is 441 g/mol. The van der Waals surface area contributed by atoms with Crippen molar-refractivity contribution in [2.75, 3.05) is 0 Å². The molecule has 0 aliphatic rings. The van der Waals surface area contributed by atoms with Crippen molar-refractivity contribution >= 4 is 46.6 Å². The fourth-order valence-corrected chi connectivity index (χ4v) is 5.14. The Hall–Kier alpha value is -1.20. The predicted molar refractivity (Wildman–Crippen MR) is 115 cm³/mol. The van der Waals surface area contributed by atoms with Crippen LogP contribution in [0.3, 0.4) is 0 Å². The van der Waals surface area contributed by atoms with Gasteiger partial charge in [-0.05, 0) is 63.6 Å². The Morgan fingerprint density at radius 2 is 1.67 bits per heavy atom. The van der Waals surface area contributed by atoms with Crippen LogP contribution in [0, 0.1) is 13.8 Å². The first kappa shape index (κ1) is 20.5. The highest BCUT2D eigenvalue weighted by atomic mass is 35.5. The van der Waals surface area contributed by atoms with E-state index in [4.69, 9.17) is 39.9 Å². The third-order valence-corrected chi connectivity index (χ3v) is 5.79. The van der Waals surface area contributed by atoms with Crippen LogP contribution in [-0.4, -0.2) is 14.8 Å². The van der Waals surface area contributed by atoms with E-state index >= 15 is 0 Å². The van der Waals surface area contributed by atoms with E-state index in [0.29, 0.717) is 15.2 Å². The van der Waals surface area contributed by atoms with Gasteiger partial charge in [-0.3, -0.25) is 4.68 Å². The number of pyridine rings is 1. The van der Waals surface area contributed by atoms with E-state index in [-0.39, 0.29) is 6.04 Å². The molecule has 0 aliphatic carbocycles. The highest BCUT2D eigenvalue weighted by Crippen LogP contribution is 2.37. The molecule has 0 fully saturated rings. The summed E-state index contributed by atoms with van der Waals surface area (Å²) in [6.07, 6.45) is 0.734. The molecule has 0 bridgehead atoms. The smallest absolute Gasteiger partial charge is 0.129 e. The summed E-state index contributed by atoms with van der Waals surface area (Å²) in [5.74, 6) is 0. The molecular weight excluding hydrogens is 421 g/mol. The van der Waals surface area contributed by atoms with Gasteiger partial charge in [0.05, 0.1) is 5.69 Å². The molecule has 0 aliphatic heterocycles. The number of benzene rings is 1. The van der Waals surface area contributed by atoms with Gasteiger partial charge in [0.25, 0.3) is 0 Å². The number of nitrogens with zero attached hydrogens (tertiary/aromatic N) is 3. The lowest BCUT2D eigenvalue weighted by Gasteiger charge is -2.13. The van der Waals surface area contributed by atoms with E-state index in [2.05, 4.69) is 29.6 Å². The Bertz CT molecular complexity index is 942. The molecule has 7 heteroatoms. The van der Waals surface area contributed by atoms with Crippen LogP contribution in [0.25, 0.3) is 0 Å². The van der Waals surface area contributed by atoms with Crippen LogP contribution in [0.1, 0.15) is 42.4 Å². The molecule has 0 amide bonds.